The molecule has 158 valence electrons. The largest absolute Gasteiger partial charge is 0.503 e. The number of aliphatic hydroxyl groups is 1. The Hall–Kier alpha value is -2.67. The zero-order valence-corrected chi connectivity index (χ0v) is 19.3. The third kappa shape index (κ3) is 3.65. The Balaban J connectivity index is 1.93. The molecule has 0 aliphatic carbocycles. The zero-order valence-electron chi connectivity index (χ0n) is 16.9. The number of hydrogen-bond donors (Lipinski definition) is 1. The normalized spacial score (nSPS) is 16.4. The number of Topliss-reactive ketones (excluding diaryl/α,β-unsaturated/α-hetero) is 1. The van der Waals surface area contributed by atoms with Gasteiger partial charge in [0.1, 0.15) is 0 Å². The lowest BCUT2D eigenvalue weighted by molar-refractivity contribution is -0.117. The summed E-state index contributed by atoms with van der Waals surface area (Å²) < 4.78 is 0. The third-order valence-corrected chi connectivity index (χ3v) is 7.04. The molecule has 1 unspecified atom stereocenters. The summed E-state index contributed by atoms with van der Waals surface area (Å²) in [5.74, 6) is -1.66. The highest BCUT2D eigenvalue weighted by Crippen LogP contribution is 2.44. The number of anilines is 1. The Kier molecular flexibility index (Phi) is 5.64. The van der Waals surface area contributed by atoms with Crippen LogP contribution >= 0.6 is 34.5 Å². The summed E-state index contributed by atoms with van der Waals surface area (Å²) in [5.41, 5.74) is 2.63. The van der Waals surface area contributed by atoms with E-state index in [-0.39, 0.29) is 10.6 Å². The van der Waals surface area contributed by atoms with Crippen LogP contribution in [0.25, 0.3) is 0 Å². The molecule has 2 aromatic carbocycles. The maximum atomic E-state index is 13.6. The van der Waals surface area contributed by atoms with Gasteiger partial charge in [-0.1, -0.05) is 47.5 Å². The van der Waals surface area contributed by atoms with Gasteiger partial charge < -0.3 is 5.11 Å². The fourth-order valence-electron chi connectivity index (χ4n) is 3.79. The second kappa shape index (κ2) is 8.11. The highest BCUT2D eigenvalue weighted by molar-refractivity contribution is 7.14. The van der Waals surface area contributed by atoms with Gasteiger partial charge >= 0.3 is 0 Å². The lowest BCUT2D eigenvalue weighted by atomic mass is 9.92. The molecule has 8 heteroatoms. The van der Waals surface area contributed by atoms with Crippen LogP contribution in [0.1, 0.15) is 37.5 Å². The summed E-state index contributed by atoms with van der Waals surface area (Å²) >= 11 is 13.5. The molecule has 2 heterocycles. The van der Waals surface area contributed by atoms with E-state index in [1.807, 2.05) is 38.1 Å². The zero-order chi connectivity index (χ0) is 22.4. The number of aromatic nitrogens is 1. The smallest absolute Gasteiger partial charge is 0.294 e. The van der Waals surface area contributed by atoms with Crippen LogP contribution in [-0.4, -0.2) is 21.8 Å². The molecule has 0 saturated heterocycles. The van der Waals surface area contributed by atoms with Gasteiger partial charge in [-0.15, -0.1) is 11.3 Å². The number of benzene rings is 2. The summed E-state index contributed by atoms with van der Waals surface area (Å²) in [6.07, 6.45) is 0. The number of thiazole rings is 1. The molecule has 4 rings (SSSR count). The number of amides is 1. The number of carbonyl (C=O) groups is 2. The van der Waals surface area contributed by atoms with Gasteiger partial charge in [-0.3, -0.25) is 14.5 Å². The van der Waals surface area contributed by atoms with Crippen LogP contribution < -0.4 is 4.90 Å². The van der Waals surface area contributed by atoms with E-state index in [2.05, 4.69) is 4.98 Å². The van der Waals surface area contributed by atoms with E-state index in [0.717, 1.165) is 16.1 Å². The summed E-state index contributed by atoms with van der Waals surface area (Å²) in [6.45, 7) is 5.44. The lowest BCUT2D eigenvalue weighted by Crippen LogP contribution is -2.31. The molecule has 3 aromatic rings. The molecule has 0 radical (unpaired) electrons. The lowest BCUT2D eigenvalue weighted by Gasteiger charge is -2.28. The predicted octanol–water partition coefficient (Wildman–Crippen LogP) is 6.16. The van der Waals surface area contributed by atoms with Crippen molar-refractivity contribution in [1.29, 1.82) is 0 Å². The topological polar surface area (TPSA) is 70.5 Å². The Labute approximate surface area is 193 Å². The molecule has 1 aliphatic heterocycles. The molecular weight excluding hydrogens is 455 g/mol. The summed E-state index contributed by atoms with van der Waals surface area (Å²) in [4.78, 5) is 32.9. The number of halogens is 2. The van der Waals surface area contributed by atoms with Crippen molar-refractivity contribution in [2.75, 3.05) is 4.90 Å². The molecular formula is C23H18Cl2N2O3S. The number of hydrogen-bond acceptors (Lipinski definition) is 5. The number of aliphatic hydroxyl groups excluding tert-OH is 1. The van der Waals surface area contributed by atoms with Crippen molar-refractivity contribution in [2.24, 2.45) is 0 Å². The van der Waals surface area contributed by atoms with Gasteiger partial charge in [0.2, 0.25) is 5.78 Å². The summed E-state index contributed by atoms with van der Waals surface area (Å²) in [5, 5.41) is 12.2. The SMILES string of the molecule is Cc1nc(C)c(C(=O)C2=C(O)C(=O)N(c3ccc(Cl)c(Cl)c3)C2c2ccccc2C)s1. The minimum Gasteiger partial charge on any atom is -0.503 e. The number of aryl methyl sites for hydroxylation is 3. The van der Waals surface area contributed by atoms with Crippen molar-refractivity contribution in [2.45, 2.75) is 26.8 Å². The van der Waals surface area contributed by atoms with Crippen LogP contribution in [0.2, 0.25) is 10.0 Å². The fourth-order valence-corrected chi connectivity index (χ4v) is 4.96. The quantitative estimate of drug-likeness (QED) is 0.461. The van der Waals surface area contributed by atoms with Crippen molar-refractivity contribution in [1.82, 2.24) is 4.98 Å². The van der Waals surface area contributed by atoms with Crippen LogP contribution in [0.3, 0.4) is 0 Å². The monoisotopic (exact) mass is 472 g/mol. The first-order valence-electron chi connectivity index (χ1n) is 9.46. The molecule has 0 spiro atoms. The maximum Gasteiger partial charge on any atom is 0.294 e. The molecule has 0 saturated carbocycles. The molecule has 1 amide bonds. The molecule has 1 atom stereocenters. The number of ketones is 1. The Morgan fingerprint density at radius 1 is 1.10 bits per heavy atom. The van der Waals surface area contributed by atoms with Crippen LogP contribution in [0.15, 0.2) is 53.8 Å². The van der Waals surface area contributed by atoms with E-state index >= 15 is 0 Å². The molecule has 1 aromatic heterocycles. The van der Waals surface area contributed by atoms with Gasteiger partial charge in [-0.2, -0.15) is 0 Å². The molecule has 1 N–H and O–H groups in total. The number of nitrogens with zero attached hydrogens (tertiary/aromatic N) is 2. The Morgan fingerprint density at radius 2 is 1.81 bits per heavy atom. The minimum absolute atomic E-state index is 0.0251. The fraction of sp³-hybridized carbons (Fsp3) is 0.174. The van der Waals surface area contributed by atoms with Crippen molar-refractivity contribution >= 4 is 51.9 Å². The van der Waals surface area contributed by atoms with Crippen molar-refractivity contribution in [3.63, 3.8) is 0 Å². The van der Waals surface area contributed by atoms with Crippen LogP contribution in [-0.2, 0) is 4.79 Å². The first-order chi connectivity index (χ1) is 14.7. The van der Waals surface area contributed by atoms with E-state index < -0.39 is 23.5 Å². The van der Waals surface area contributed by atoms with E-state index in [0.29, 0.717) is 21.3 Å². The second-order valence-electron chi connectivity index (χ2n) is 7.27. The van der Waals surface area contributed by atoms with Crippen molar-refractivity contribution in [3.8, 4) is 0 Å². The average molecular weight is 473 g/mol. The Bertz CT molecular complexity index is 1270. The third-order valence-electron chi connectivity index (χ3n) is 5.23. The van der Waals surface area contributed by atoms with Crippen LogP contribution in [0, 0.1) is 20.8 Å². The maximum absolute atomic E-state index is 13.6. The minimum atomic E-state index is -0.819. The molecule has 1 aliphatic rings. The summed E-state index contributed by atoms with van der Waals surface area (Å²) in [7, 11) is 0. The summed E-state index contributed by atoms with van der Waals surface area (Å²) in [6, 6.07) is 11.4. The molecule has 31 heavy (non-hydrogen) atoms. The van der Waals surface area contributed by atoms with Crippen LogP contribution in [0.4, 0.5) is 5.69 Å². The predicted molar refractivity (Wildman–Crippen MR) is 123 cm³/mol. The first-order valence-corrected chi connectivity index (χ1v) is 11.0. The second-order valence-corrected chi connectivity index (χ2v) is 9.29. The van der Waals surface area contributed by atoms with Crippen LogP contribution in [0.5, 0.6) is 0 Å². The van der Waals surface area contributed by atoms with E-state index in [1.165, 1.54) is 16.2 Å². The highest BCUT2D eigenvalue weighted by atomic mass is 35.5. The molecule has 0 bridgehead atoms. The molecule has 0 fully saturated rings. The van der Waals surface area contributed by atoms with Crippen molar-refractivity contribution in [3.05, 3.63) is 90.5 Å². The van der Waals surface area contributed by atoms with E-state index in [9.17, 15) is 14.7 Å². The van der Waals surface area contributed by atoms with E-state index in [4.69, 9.17) is 23.2 Å². The van der Waals surface area contributed by atoms with Gasteiger partial charge in [0.05, 0.1) is 37.2 Å². The van der Waals surface area contributed by atoms with Crippen molar-refractivity contribution < 1.29 is 14.7 Å². The van der Waals surface area contributed by atoms with Gasteiger partial charge in [0.15, 0.2) is 5.76 Å². The van der Waals surface area contributed by atoms with Gasteiger partial charge in [0, 0.05) is 5.69 Å². The van der Waals surface area contributed by atoms with Gasteiger partial charge in [0.25, 0.3) is 5.91 Å². The number of carbonyl (C=O) groups excluding carboxylic acids is 2. The van der Waals surface area contributed by atoms with Gasteiger partial charge in [-0.25, -0.2) is 4.98 Å². The number of rotatable bonds is 4. The molecule has 5 nitrogen and oxygen atoms in total. The first kappa shape index (κ1) is 21.6. The average Bonchev–Trinajstić information content (AvgIpc) is 3.20. The van der Waals surface area contributed by atoms with Gasteiger partial charge in [-0.05, 0) is 50.1 Å². The highest BCUT2D eigenvalue weighted by Gasteiger charge is 2.45. The Morgan fingerprint density at radius 3 is 2.42 bits per heavy atom. The standard InChI is InChI=1S/C23H18Cl2N2O3S/c1-11-6-4-5-7-15(11)19-18(20(28)22-12(2)26-13(3)31-22)21(29)23(30)27(19)14-8-9-16(24)17(25)10-14/h4-10,19,29H,1-3H3. The van der Waals surface area contributed by atoms with E-state index in [1.54, 1.807) is 25.1 Å².